The molecule has 1 heterocycles. The fraction of sp³-hybridized carbons (Fsp3) is 0.250. The molecule has 18 heavy (non-hydrogen) atoms. The largest absolute Gasteiger partial charge is 0.493 e. The molecule has 1 atom stereocenters. The standard InChI is InChI=1S/C12H12Cl2N2O2/c1-16-11(9(18-2)6-15-16)12(17)10-7(13)4-3-5-8(10)14/h3-6,12,17H,1-2H3. The first kappa shape index (κ1) is 13.2. The Morgan fingerprint density at radius 2 is 1.94 bits per heavy atom. The Morgan fingerprint density at radius 3 is 2.50 bits per heavy atom. The predicted molar refractivity (Wildman–Crippen MR) is 70.3 cm³/mol. The second-order valence-corrected chi connectivity index (χ2v) is 4.57. The first-order chi connectivity index (χ1) is 8.56. The minimum atomic E-state index is -0.992. The molecule has 0 saturated heterocycles. The van der Waals surface area contributed by atoms with E-state index in [0.29, 0.717) is 27.1 Å². The number of rotatable bonds is 3. The number of ether oxygens (including phenoxy) is 1. The van der Waals surface area contributed by atoms with Crippen LogP contribution in [0.4, 0.5) is 0 Å². The summed E-state index contributed by atoms with van der Waals surface area (Å²) in [5.41, 5.74) is 0.954. The molecule has 0 saturated carbocycles. The van der Waals surface area contributed by atoms with Crippen LogP contribution in [0.2, 0.25) is 10.0 Å². The minimum Gasteiger partial charge on any atom is -0.493 e. The molecule has 96 valence electrons. The Hall–Kier alpha value is -1.23. The van der Waals surface area contributed by atoms with Crippen LogP contribution in [-0.4, -0.2) is 22.0 Å². The topological polar surface area (TPSA) is 47.3 Å². The average Bonchev–Trinajstić information content (AvgIpc) is 2.70. The summed E-state index contributed by atoms with van der Waals surface area (Å²) in [4.78, 5) is 0. The third kappa shape index (κ3) is 2.19. The number of hydrogen-bond acceptors (Lipinski definition) is 3. The molecule has 0 aliphatic rings. The van der Waals surface area contributed by atoms with Crippen molar-refractivity contribution in [1.82, 2.24) is 9.78 Å². The lowest BCUT2D eigenvalue weighted by Crippen LogP contribution is -2.09. The van der Waals surface area contributed by atoms with Crippen LogP contribution in [0.15, 0.2) is 24.4 Å². The van der Waals surface area contributed by atoms with Crippen molar-refractivity contribution in [2.24, 2.45) is 7.05 Å². The Morgan fingerprint density at radius 1 is 1.33 bits per heavy atom. The number of halogens is 2. The van der Waals surface area contributed by atoms with Crippen molar-refractivity contribution in [1.29, 1.82) is 0 Å². The molecule has 6 heteroatoms. The maximum atomic E-state index is 10.4. The Bertz CT molecular complexity index is 549. The molecule has 0 bridgehead atoms. The van der Waals surface area contributed by atoms with E-state index in [1.54, 1.807) is 25.2 Å². The van der Waals surface area contributed by atoms with Gasteiger partial charge in [0.2, 0.25) is 0 Å². The van der Waals surface area contributed by atoms with E-state index in [9.17, 15) is 5.11 Å². The predicted octanol–water partition coefficient (Wildman–Crippen LogP) is 2.82. The maximum Gasteiger partial charge on any atom is 0.162 e. The molecular weight excluding hydrogens is 275 g/mol. The van der Waals surface area contributed by atoms with E-state index in [2.05, 4.69) is 5.10 Å². The Balaban J connectivity index is 2.54. The Kier molecular flexibility index (Phi) is 3.80. The fourth-order valence-electron chi connectivity index (χ4n) is 1.80. The fourth-order valence-corrected chi connectivity index (χ4v) is 2.41. The molecule has 0 spiro atoms. The number of aromatic nitrogens is 2. The van der Waals surface area contributed by atoms with Crippen LogP contribution in [0.3, 0.4) is 0 Å². The third-order valence-corrected chi connectivity index (χ3v) is 3.36. The van der Waals surface area contributed by atoms with Gasteiger partial charge in [-0.15, -0.1) is 0 Å². The molecular formula is C12H12Cl2N2O2. The van der Waals surface area contributed by atoms with Gasteiger partial charge in [0.15, 0.2) is 5.75 Å². The van der Waals surface area contributed by atoms with Crippen molar-refractivity contribution in [3.8, 4) is 5.75 Å². The number of aliphatic hydroxyl groups excluding tert-OH is 1. The molecule has 1 N–H and O–H groups in total. The molecule has 0 fully saturated rings. The highest BCUT2D eigenvalue weighted by molar-refractivity contribution is 6.36. The summed E-state index contributed by atoms with van der Waals surface area (Å²) in [5.74, 6) is 0.487. The van der Waals surface area contributed by atoms with Crippen molar-refractivity contribution in [2.75, 3.05) is 7.11 Å². The van der Waals surface area contributed by atoms with E-state index >= 15 is 0 Å². The van der Waals surface area contributed by atoms with E-state index in [1.165, 1.54) is 18.0 Å². The quantitative estimate of drug-likeness (QED) is 0.944. The van der Waals surface area contributed by atoms with Crippen LogP contribution >= 0.6 is 23.2 Å². The van der Waals surface area contributed by atoms with Gasteiger partial charge in [-0.3, -0.25) is 4.68 Å². The lowest BCUT2D eigenvalue weighted by Gasteiger charge is -2.16. The number of benzene rings is 1. The number of aliphatic hydroxyl groups is 1. The number of hydrogen-bond donors (Lipinski definition) is 1. The summed E-state index contributed by atoms with van der Waals surface area (Å²) < 4.78 is 6.69. The van der Waals surface area contributed by atoms with Gasteiger partial charge in [0, 0.05) is 22.7 Å². The van der Waals surface area contributed by atoms with E-state index < -0.39 is 6.10 Å². The maximum absolute atomic E-state index is 10.4. The molecule has 2 aromatic rings. The summed E-state index contributed by atoms with van der Waals surface area (Å²) in [6.45, 7) is 0. The van der Waals surface area contributed by atoms with Crippen LogP contribution in [0.25, 0.3) is 0 Å². The smallest absolute Gasteiger partial charge is 0.162 e. The summed E-state index contributed by atoms with van der Waals surface area (Å²) >= 11 is 12.1. The van der Waals surface area contributed by atoms with Gasteiger partial charge >= 0.3 is 0 Å². The summed E-state index contributed by atoms with van der Waals surface area (Å²) in [6, 6.07) is 5.07. The van der Waals surface area contributed by atoms with Crippen LogP contribution in [0, 0.1) is 0 Å². The first-order valence-corrected chi connectivity index (χ1v) is 5.99. The van der Waals surface area contributed by atoms with Gasteiger partial charge < -0.3 is 9.84 Å². The molecule has 0 amide bonds. The first-order valence-electron chi connectivity index (χ1n) is 5.24. The lowest BCUT2D eigenvalue weighted by atomic mass is 10.1. The molecule has 4 nitrogen and oxygen atoms in total. The Labute approximate surface area is 115 Å². The highest BCUT2D eigenvalue weighted by Crippen LogP contribution is 2.36. The highest BCUT2D eigenvalue weighted by Gasteiger charge is 2.24. The molecule has 0 aliphatic heterocycles. The van der Waals surface area contributed by atoms with Crippen molar-refractivity contribution < 1.29 is 9.84 Å². The zero-order valence-electron chi connectivity index (χ0n) is 9.89. The molecule has 1 aromatic heterocycles. The van der Waals surface area contributed by atoms with E-state index in [-0.39, 0.29) is 0 Å². The number of aryl methyl sites for hydroxylation is 1. The van der Waals surface area contributed by atoms with Gasteiger partial charge in [-0.05, 0) is 12.1 Å². The molecule has 0 aliphatic carbocycles. The van der Waals surface area contributed by atoms with Gasteiger partial charge in [0.05, 0.1) is 13.3 Å². The SMILES string of the molecule is COc1cnn(C)c1C(O)c1c(Cl)cccc1Cl. The second-order valence-electron chi connectivity index (χ2n) is 3.76. The van der Waals surface area contributed by atoms with Crippen molar-refractivity contribution in [2.45, 2.75) is 6.10 Å². The van der Waals surface area contributed by atoms with Crippen LogP contribution in [0.1, 0.15) is 17.4 Å². The van der Waals surface area contributed by atoms with Crippen molar-refractivity contribution in [3.05, 3.63) is 45.7 Å². The zero-order valence-corrected chi connectivity index (χ0v) is 11.4. The van der Waals surface area contributed by atoms with Crippen molar-refractivity contribution >= 4 is 23.2 Å². The van der Waals surface area contributed by atoms with Crippen LogP contribution < -0.4 is 4.74 Å². The summed E-state index contributed by atoms with van der Waals surface area (Å²) in [6.07, 6.45) is 0.539. The van der Waals surface area contributed by atoms with Crippen LogP contribution in [-0.2, 0) is 7.05 Å². The molecule has 1 unspecified atom stereocenters. The normalized spacial score (nSPS) is 12.5. The summed E-state index contributed by atoms with van der Waals surface area (Å²) in [5, 5.41) is 15.3. The van der Waals surface area contributed by atoms with Gasteiger partial charge in [-0.1, -0.05) is 29.3 Å². The van der Waals surface area contributed by atoms with Gasteiger partial charge in [-0.25, -0.2) is 0 Å². The summed E-state index contributed by atoms with van der Waals surface area (Å²) in [7, 11) is 3.23. The monoisotopic (exact) mass is 286 g/mol. The van der Waals surface area contributed by atoms with E-state index in [4.69, 9.17) is 27.9 Å². The average molecular weight is 287 g/mol. The number of nitrogens with zero attached hydrogens (tertiary/aromatic N) is 2. The zero-order chi connectivity index (χ0) is 13.3. The van der Waals surface area contributed by atoms with Gasteiger partial charge in [0.25, 0.3) is 0 Å². The molecule has 0 radical (unpaired) electrons. The van der Waals surface area contributed by atoms with Crippen molar-refractivity contribution in [3.63, 3.8) is 0 Å². The number of methoxy groups -OCH3 is 1. The van der Waals surface area contributed by atoms with E-state index in [1.807, 2.05) is 0 Å². The lowest BCUT2D eigenvalue weighted by molar-refractivity contribution is 0.204. The highest BCUT2D eigenvalue weighted by atomic mass is 35.5. The molecule has 2 rings (SSSR count). The van der Waals surface area contributed by atoms with Gasteiger partial charge in [0.1, 0.15) is 11.8 Å². The minimum absolute atomic E-state index is 0.401. The van der Waals surface area contributed by atoms with Gasteiger partial charge in [-0.2, -0.15) is 5.10 Å². The third-order valence-electron chi connectivity index (χ3n) is 2.70. The second kappa shape index (κ2) is 5.18. The molecule has 1 aromatic carbocycles. The van der Waals surface area contributed by atoms with E-state index in [0.717, 1.165) is 0 Å². The van der Waals surface area contributed by atoms with Crippen LogP contribution in [0.5, 0.6) is 5.75 Å².